The summed E-state index contributed by atoms with van der Waals surface area (Å²) in [4.78, 5) is 15.0. The van der Waals surface area contributed by atoms with Gasteiger partial charge in [-0.05, 0) is 49.2 Å². The average molecular weight is 375 g/mol. The number of aromatic nitrogens is 2. The molecule has 2 aliphatic rings. The second-order valence-corrected chi connectivity index (χ2v) is 7.39. The quantitative estimate of drug-likeness (QED) is 0.893. The summed E-state index contributed by atoms with van der Waals surface area (Å²) in [5, 5.41) is 8.21. The number of rotatable bonds is 4. The van der Waals surface area contributed by atoms with Crippen molar-refractivity contribution in [1.29, 1.82) is 0 Å². The molecule has 3 heterocycles. The Bertz CT molecular complexity index is 820. The Morgan fingerprint density at radius 3 is 3.12 bits per heavy atom. The lowest BCUT2D eigenvalue weighted by molar-refractivity contribution is 0.0909. The van der Waals surface area contributed by atoms with Gasteiger partial charge in [0.2, 0.25) is 0 Å². The molecule has 1 N–H and O–H groups in total. The third-order valence-electron chi connectivity index (χ3n) is 4.91. The Labute approximate surface area is 158 Å². The van der Waals surface area contributed by atoms with Gasteiger partial charge in [0.1, 0.15) is 12.4 Å². The van der Waals surface area contributed by atoms with Crippen LogP contribution in [0.1, 0.15) is 35.1 Å². The van der Waals surface area contributed by atoms with Crippen LogP contribution in [0.2, 0.25) is 5.02 Å². The van der Waals surface area contributed by atoms with Crippen LogP contribution in [0.4, 0.5) is 0 Å². The molecule has 2 aliphatic heterocycles. The molecule has 1 aromatic carbocycles. The predicted molar refractivity (Wildman–Crippen MR) is 99.7 cm³/mol. The number of carbonyl (C=O) groups is 1. The van der Waals surface area contributed by atoms with Crippen LogP contribution < -0.4 is 10.1 Å². The van der Waals surface area contributed by atoms with E-state index < -0.39 is 0 Å². The lowest BCUT2D eigenvalue weighted by Gasteiger charge is -2.26. The molecular formula is C19H23ClN4O2. The van der Waals surface area contributed by atoms with Crippen molar-refractivity contribution >= 4 is 17.5 Å². The molecule has 26 heavy (non-hydrogen) atoms. The summed E-state index contributed by atoms with van der Waals surface area (Å²) in [7, 11) is 0. The third-order valence-corrected chi connectivity index (χ3v) is 5.15. The van der Waals surface area contributed by atoms with Crippen LogP contribution in [0.25, 0.3) is 0 Å². The summed E-state index contributed by atoms with van der Waals surface area (Å²) in [6.45, 7) is 6.39. The summed E-state index contributed by atoms with van der Waals surface area (Å²) in [6, 6.07) is 7.42. The molecular weight excluding hydrogens is 352 g/mol. The molecule has 0 saturated heterocycles. The number of nitrogens with one attached hydrogen (secondary N) is 1. The van der Waals surface area contributed by atoms with Gasteiger partial charge in [0.15, 0.2) is 5.69 Å². The zero-order valence-corrected chi connectivity index (χ0v) is 15.6. The standard InChI is InChI=1S/C19H23ClN4O2/c1-2-5-23-6-7-24-16(11-23)10-17(22-24)19(25)21-15-9-13-8-14(20)3-4-18(13)26-12-15/h3-4,8,10,15H,2,5-7,9,11-12H2,1H3,(H,21,25). The molecule has 0 fully saturated rings. The van der Waals surface area contributed by atoms with Gasteiger partial charge < -0.3 is 10.1 Å². The number of amides is 1. The normalized spacial score (nSPS) is 19.4. The van der Waals surface area contributed by atoms with E-state index in [-0.39, 0.29) is 11.9 Å². The van der Waals surface area contributed by atoms with Crippen molar-refractivity contribution in [3.63, 3.8) is 0 Å². The number of benzene rings is 1. The summed E-state index contributed by atoms with van der Waals surface area (Å²) >= 11 is 6.06. The van der Waals surface area contributed by atoms with Crippen molar-refractivity contribution in [1.82, 2.24) is 20.0 Å². The van der Waals surface area contributed by atoms with E-state index in [0.29, 0.717) is 23.7 Å². The molecule has 0 saturated carbocycles. The van der Waals surface area contributed by atoms with Crippen LogP contribution in [0.15, 0.2) is 24.3 Å². The van der Waals surface area contributed by atoms with Gasteiger partial charge in [-0.15, -0.1) is 0 Å². The first-order chi connectivity index (χ1) is 12.6. The molecule has 2 aromatic rings. The van der Waals surface area contributed by atoms with E-state index in [1.807, 2.05) is 28.9 Å². The SMILES string of the molecule is CCCN1CCn2nc(C(=O)NC3COc4ccc(Cl)cc4C3)cc2C1. The molecule has 4 rings (SSSR count). The van der Waals surface area contributed by atoms with E-state index in [1.54, 1.807) is 0 Å². The zero-order valence-electron chi connectivity index (χ0n) is 14.9. The Balaban J connectivity index is 1.42. The molecule has 1 amide bonds. The lowest BCUT2D eigenvalue weighted by atomic mass is 10.0. The predicted octanol–water partition coefficient (Wildman–Crippen LogP) is 2.50. The Morgan fingerprint density at radius 2 is 2.27 bits per heavy atom. The minimum atomic E-state index is -0.145. The van der Waals surface area contributed by atoms with Crippen LogP contribution in [-0.4, -0.2) is 46.3 Å². The lowest BCUT2D eigenvalue weighted by Crippen LogP contribution is -2.42. The average Bonchev–Trinajstić information content (AvgIpc) is 3.05. The fourth-order valence-electron chi connectivity index (χ4n) is 3.65. The second-order valence-electron chi connectivity index (χ2n) is 6.96. The van der Waals surface area contributed by atoms with E-state index in [2.05, 4.69) is 22.2 Å². The van der Waals surface area contributed by atoms with Crippen LogP contribution >= 0.6 is 11.6 Å². The topological polar surface area (TPSA) is 59.4 Å². The van der Waals surface area contributed by atoms with Crippen LogP contribution in [0.5, 0.6) is 5.75 Å². The maximum absolute atomic E-state index is 12.6. The number of hydrogen-bond acceptors (Lipinski definition) is 4. The van der Waals surface area contributed by atoms with Crippen molar-refractivity contribution in [3.05, 3.63) is 46.2 Å². The molecule has 1 unspecified atom stereocenters. The van der Waals surface area contributed by atoms with E-state index in [0.717, 1.165) is 49.6 Å². The van der Waals surface area contributed by atoms with Crippen LogP contribution in [-0.2, 0) is 19.5 Å². The summed E-state index contributed by atoms with van der Waals surface area (Å²) in [5.41, 5.74) is 2.61. The van der Waals surface area contributed by atoms with Crippen molar-refractivity contribution in [3.8, 4) is 5.75 Å². The number of ether oxygens (including phenoxy) is 1. The summed E-state index contributed by atoms with van der Waals surface area (Å²) in [5.74, 6) is 0.696. The number of halogens is 1. The molecule has 0 bridgehead atoms. The fraction of sp³-hybridized carbons (Fsp3) is 0.474. The zero-order chi connectivity index (χ0) is 18.1. The Hall–Kier alpha value is -2.05. The minimum Gasteiger partial charge on any atom is -0.491 e. The Morgan fingerprint density at radius 1 is 1.38 bits per heavy atom. The van der Waals surface area contributed by atoms with Crippen LogP contribution in [0.3, 0.4) is 0 Å². The maximum atomic E-state index is 12.6. The van der Waals surface area contributed by atoms with Crippen molar-refractivity contribution in [2.75, 3.05) is 19.7 Å². The molecule has 0 radical (unpaired) electrons. The van der Waals surface area contributed by atoms with E-state index in [9.17, 15) is 4.79 Å². The first-order valence-corrected chi connectivity index (χ1v) is 9.51. The first kappa shape index (κ1) is 17.4. The van der Waals surface area contributed by atoms with Crippen LogP contribution in [0, 0.1) is 0 Å². The Kier molecular flexibility index (Phi) is 4.87. The van der Waals surface area contributed by atoms with Gasteiger partial charge in [0.25, 0.3) is 5.91 Å². The van der Waals surface area contributed by atoms with Gasteiger partial charge in [-0.25, -0.2) is 0 Å². The van der Waals surface area contributed by atoms with Crippen molar-refractivity contribution in [2.45, 2.75) is 38.9 Å². The summed E-state index contributed by atoms with van der Waals surface area (Å²) < 4.78 is 7.70. The molecule has 7 heteroatoms. The molecule has 1 aromatic heterocycles. The van der Waals surface area contributed by atoms with Crippen molar-refractivity contribution < 1.29 is 9.53 Å². The second kappa shape index (κ2) is 7.29. The highest BCUT2D eigenvalue weighted by atomic mass is 35.5. The molecule has 0 aliphatic carbocycles. The third kappa shape index (κ3) is 3.57. The van der Waals surface area contributed by atoms with E-state index in [1.165, 1.54) is 0 Å². The summed E-state index contributed by atoms with van der Waals surface area (Å²) in [6.07, 6.45) is 1.84. The highest BCUT2D eigenvalue weighted by Gasteiger charge is 2.25. The van der Waals surface area contributed by atoms with Gasteiger partial charge in [0.05, 0.1) is 18.3 Å². The van der Waals surface area contributed by atoms with Gasteiger partial charge in [-0.3, -0.25) is 14.4 Å². The van der Waals surface area contributed by atoms with Gasteiger partial charge in [-0.1, -0.05) is 18.5 Å². The maximum Gasteiger partial charge on any atom is 0.272 e. The minimum absolute atomic E-state index is 0.0798. The fourth-order valence-corrected chi connectivity index (χ4v) is 3.85. The smallest absolute Gasteiger partial charge is 0.272 e. The van der Waals surface area contributed by atoms with Crippen molar-refractivity contribution in [2.24, 2.45) is 0 Å². The number of carbonyl (C=O) groups excluding carboxylic acids is 1. The monoisotopic (exact) mass is 374 g/mol. The number of fused-ring (bicyclic) bond motifs is 2. The van der Waals surface area contributed by atoms with E-state index >= 15 is 0 Å². The first-order valence-electron chi connectivity index (χ1n) is 9.13. The molecule has 6 nitrogen and oxygen atoms in total. The highest BCUT2D eigenvalue weighted by molar-refractivity contribution is 6.30. The van der Waals surface area contributed by atoms with Gasteiger partial charge in [0, 0.05) is 18.1 Å². The highest BCUT2D eigenvalue weighted by Crippen LogP contribution is 2.27. The molecule has 138 valence electrons. The van der Waals surface area contributed by atoms with Gasteiger partial charge in [-0.2, -0.15) is 5.10 Å². The molecule has 1 atom stereocenters. The number of nitrogens with zero attached hydrogens (tertiary/aromatic N) is 3. The number of hydrogen-bond donors (Lipinski definition) is 1. The van der Waals surface area contributed by atoms with Gasteiger partial charge >= 0.3 is 0 Å². The molecule has 0 spiro atoms. The van der Waals surface area contributed by atoms with E-state index in [4.69, 9.17) is 16.3 Å². The largest absolute Gasteiger partial charge is 0.491 e.